The molecule has 1 aromatic heterocycles. The van der Waals surface area contributed by atoms with E-state index in [0.29, 0.717) is 6.54 Å². The van der Waals surface area contributed by atoms with Crippen molar-refractivity contribution in [2.24, 2.45) is 5.73 Å². The Kier molecular flexibility index (Phi) is 4.35. The Labute approximate surface area is 117 Å². The van der Waals surface area contributed by atoms with Crippen LogP contribution in [-0.2, 0) is 11.3 Å². The highest BCUT2D eigenvalue weighted by atomic mass is 32.1. The molecule has 1 atom stereocenters. The summed E-state index contributed by atoms with van der Waals surface area (Å²) >= 11 is 1.67. The van der Waals surface area contributed by atoms with E-state index in [9.17, 15) is 4.79 Å². The highest BCUT2D eigenvalue weighted by molar-refractivity contribution is 7.10. The minimum atomic E-state index is -0.591. The molecule has 19 heavy (non-hydrogen) atoms. The van der Waals surface area contributed by atoms with E-state index in [-0.39, 0.29) is 5.91 Å². The summed E-state index contributed by atoms with van der Waals surface area (Å²) in [5.41, 5.74) is 8.09. The minimum absolute atomic E-state index is 0.0565. The zero-order valence-corrected chi connectivity index (χ0v) is 12.0. The number of amides is 1. The number of carbonyl (C=O) groups is 1. The lowest BCUT2D eigenvalue weighted by Gasteiger charge is -2.21. The maximum absolute atomic E-state index is 12.3. The van der Waals surface area contributed by atoms with Crippen molar-refractivity contribution in [1.29, 1.82) is 0 Å². The number of rotatable bonds is 4. The Morgan fingerprint density at radius 1 is 1.32 bits per heavy atom. The van der Waals surface area contributed by atoms with Gasteiger partial charge in [-0.15, -0.1) is 11.3 Å². The van der Waals surface area contributed by atoms with E-state index in [1.165, 1.54) is 10.4 Å². The lowest BCUT2D eigenvalue weighted by Crippen LogP contribution is -2.35. The molecule has 1 aromatic carbocycles. The standard InChI is InChI=1S/C15H18N2OS/c1-11-8-9-19-13(11)10-17(2)15(18)14(16)12-6-4-3-5-7-12/h3-9,14H,10,16H2,1-2H3/t14-/m0/s1. The van der Waals surface area contributed by atoms with Crippen LogP contribution in [0.2, 0.25) is 0 Å². The summed E-state index contributed by atoms with van der Waals surface area (Å²) in [4.78, 5) is 15.2. The first kappa shape index (κ1) is 13.8. The van der Waals surface area contributed by atoms with Crippen molar-refractivity contribution in [3.63, 3.8) is 0 Å². The number of thiophene rings is 1. The minimum Gasteiger partial charge on any atom is -0.339 e. The van der Waals surface area contributed by atoms with Gasteiger partial charge >= 0.3 is 0 Å². The van der Waals surface area contributed by atoms with Crippen LogP contribution in [0.15, 0.2) is 41.8 Å². The number of benzene rings is 1. The van der Waals surface area contributed by atoms with Gasteiger partial charge in [0, 0.05) is 11.9 Å². The van der Waals surface area contributed by atoms with Gasteiger partial charge in [-0.3, -0.25) is 4.79 Å². The Hall–Kier alpha value is -1.65. The van der Waals surface area contributed by atoms with Gasteiger partial charge in [0.25, 0.3) is 0 Å². The van der Waals surface area contributed by atoms with Crippen LogP contribution in [0.4, 0.5) is 0 Å². The van der Waals surface area contributed by atoms with Crippen LogP contribution < -0.4 is 5.73 Å². The molecule has 0 aliphatic carbocycles. The summed E-state index contributed by atoms with van der Waals surface area (Å²) in [5, 5.41) is 2.04. The molecular weight excluding hydrogens is 256 g/mol. The van der Waals surface area contributed by atoms with E-state index >= 15 is 0 Å². The number of hydrogen-bond acceptors (Lipinski definition) is 3. The van der Waals surface area contributed by atoms with E-state index in [1.54, 1.807) is 23.3 Å². The van der Waals surface area contributed by atoms with Crippen LogP contribution in [0.25, 0.3) is 0 Å². The van der Waals surface area contributed by atoms with E-state index < -0.39 is 6.04 Å². The molecule has 0 radical (unpaired) electrons. The zero-order valence-electron chi connectivity index (χ0n) is 11.2. The van der Waals surface area contributed by atoms with Crippen LogP contribution in [0, 0.1) is 6.92 Å². The summed E-state index contributed by atoms with van der Waals surface area (Å²) in [6, 6.07) is 10.9. The zero-order chi connectivity index (χ0) is 13.8. The second-order valence-electron chi connectivity index (χ2n) is 4.61. The van der Waals surface area contributed by atoms with Crippen LogP contribution in [0.3, 0.4) is 0 Å². The highest BCUT2D eigenvalue weighted by Gasteiger charge is 2.20. The maximum Gasteiger partial charge on any atom is 0.244 e. The number of hydrogen-bond donors (Lipinski definition) is 1. The Balaban J connectivity index is 2.05. The molecule has 1 heterocycles. The van der Waals surface area contributed by atoms with Crippen LogP contribution in [0.1, 0.15) is 22.0 Å². The van der Waals surface area contributed by atoms with Crippen LogP contribution >= 0.6 is 11.3 Å². The lowest BCUT2D eigenvalue weighted by atomic mass is 10.1. The SMILES string of the molecule is Cc1ccsc1CN(C)C(=O)[C@@H](N)c1ccccc1. The first-order valence-electron chi connectivity index (χ1n) is 6.18. The third-order valence-corrected chi connectivity index (χ3v) is 4.16. The second-order valence-corrected chi connectivity index (χ2v) is 5.61. The molecule has 100 valence electrons. The topological polar surface area (TPSA) is 46.3 Å². The van der Waals surface area contributed by atoms with Crippen molar-refractivity contribution < 1.29 is 4.79 Å². The fourth-order valence-electron chi connectivity index (χ4n) is 1.90. The van der Waals surface area contributed by atoms with E-state index in [2.05, 4.69) is 13.0 Å². The molecule has 0 aliphatic heterocycles. The van der Waals surface area contributed by atoms with Gasteiger partial charge in [0.05, 0.1) is 6.54 Å². The number of aryl methyl sites for hydroxylation is 1. The molecule has 1 amide bonds. The van der Waals surface area contributed by atoms with Crippen molar-refractivity contribution >= 4 is 17.2 Å². The van der Waals surface area contributed by atoms with Gasteiger partial charge in [-0.05, 0) is 29.5 Å². The third kappa shape index (κ3) is 3.22. The molecule has 0 saturated carbocycles. The van der Waals surface area contributed by atoms with Gasteiger partial charge in [0.15, 0.2) is 0 Å². The molecule has 4 heteroatoms. The van der Waals surface area contributed by atoms with Gasteiger partial charge in [-0.25, -0.2) is 0 Å². The molecule has 2 aromatic rings. The number of nitrogens with two attached hydrogens (primary N) is 1. The van der Waals surface area contributed by atoms with E-state index in [1.807, 2.05) is 35.7 Å². The molecule has 0 fully saturated rings. The van der Waals surface area contributed by atoms with Crippen molar-refractivity contribution in [2.45, 2.75) is 19.5 Å². The second kappa shape index (κ2) is 5.99. The molecular formula is C15H18N2OS. The normalized spacial score (nSPS) is 12.2. The summed E-state index contributed by atoms with van der Waals surface area (Å²) in [6.45, 7) is 2.67. The molecule has 0 spiro atoms. The number of carbonyl (C=O) groups excluding carboxylic acids is 1. The molecule has 0 unspecified atom stereocenters. The van der Waals surface area contributed by atoms with Crippen LogP contribution in [0.5, 0.6) is 0 Å². The highest BCUT2D eigenvalue weighted by Crippen LogP contribution is 2.19. The summed E-state index contributed by atoms with van der Waals surface area (Å²) in [6.07, 6.45) is 0. The smallest absolute Gasteiger partial charge is 0.244 e. The quantitative estimate of drug-likeness (QED) is 0.931. The summed E-state index contributed by atoms with van der Waals surface area (Å²) < 4.78 is 0. The summed E-state index contributed by atoms with van der Waals surface area (Å²) in [5.74, 6) is -0.0565. The first-order valence-corrected chi connectivity index (χ1v) is 7.06. The lowest BCUT2D eigenvalue weighted by molar-refractivity contribution is -0.131. The van der Waals surface area contributed by atoms with Gasteiger partial charge in [0.1, 0.15) is 6.04 Å². The average molecular weight is 274 g/mol. The molecule has 2 N–H and O–H groups in total. The van der Waals surface area contributed by atoms with E-state index in [4.69, 9.17) is 5.73 Å². The molecule has 3 nitrogen and oxygen atoms in total. The van der Waals surface area contributed by atoms with Crippen molar-refractivity contribution in [1.82, 2.24) is 4.90 Å². The van der Waals surface area contributed by atoms with Gasteiger partial charge in [0.2, 0.25) is 5.91 Å². The fourth-order valence-corrected chi connectivity index (χ4v) is 2.86. The van der Waals surface area contributed by atoms with Gasteiger partial charge < -0.3 is 10.6 Å². The Morgan fingerprint density at radius 3 is 2.58 bits per heavy atom. The molecule has 0 aliphatic rings. The van der Waals surface area contributed by atoms with Crippen molar-refractivity contribution in [3.8, 4) is 0 Å². The van der Waals surface area contributed by atoms with Gasteiger partial charge in [-0.1, -0.05) is 30.3 Å². The number of likely N-dealkylation sites (N-methyl/N-ethyl adjacent to an activating group) is 1. The predicted octanol–water partition coefficient (Wildman–Crippen LogP) is 2.71. The van der Waals surface area contributed by atoms with Crippen molar-refractivity contribution in [2.75, 3.05) is 7.05 Å². The fraction of sp³-hybridized carbons (Fsp3) is 0.267. The third-order valence-electron chi connectivity index (χ3n) is 3.15. The molecule has 2 rings (SSSR count). The molecule has 0 bridgehead atoms. The molecule has 0 saturated heterocycles. The largest absolute Gasteiger partial charge is 0.339 e. The Bertz CT molecular complexity index is 550. The monoisotopic (exact) mass is 274 g/mol. The Morgan fingerprint density at radius 2 is 2.00 bits per heavy atom. The maximum atomic E-state index is 12.3. The first-order chi connectivity index (χ1) is 9.09. The van der Waals surface area contributed by atoms with E-state index in [0.717, 1.165) is 5.56 Å². The van der Waals surface area contributed by atoms with Crippen LogP contribution in [-0.4, -0.2) is 17.9 Å². The van der Waals surface area contributed by atoms with Gasteiger partial charge in [-0.2, -0.15) is 0 Å². The predicted molar refractivity (Wildman–Crippen MR) is 78.9 cm³/mol. The average Bonchev–Trinajstić information content (AvgIpc) is 2.83. The number of nitrogens with zero attached hydrogens (tertiary/aromatic N) is 1. The van der Waals surface area contributed by atoms with Crippen molar-refractivity contribution in [3.05, 3.63) is 57.8 Å². The summed E-state index contributed by atoms with van der Waals surface area (Å²) in [7, 11) is 1.80.